The van der Waals surface area contributed by atoms with E-state index in [9.17, 15) is 22.0 Å². The van der Waals surface area contributed by atoms with Gasteiger partial charge in [-0.15, -0.1) is 6.58 Å². The molecule has 7 nitrogen and oxygen atoms in total. The van der Waals surface area contributed by atoms with Crippen molar-refractivity contribution in [3.63, 3.8) is 0 Å². The summed E-state index contributed by atoms with van der Waals surface area (Å²) in [5.74, 6) is -0.530. The van der Waals surface area contributed by atoms with Gasteiger partial charge in [-0.1, -0.05) is 18.2 Å². The predicted molar refractivity (Wildman–Crippen MR) is 107 cm³/mol. The van der Waals surface area contributed by atoms with Gasteiger partial charge >= 0.3 is 6.61 Å². The van der Waals surface area contributed by atoms with Crippen molar-refractivity contribution in [1.82, 2.24) is 9.62 Å². The maximum atomic E-state index is 12.9. The van der Waals surface area contributed by atoms with Crippen molar-refractivity contribution in [2.24, 2.45) is 0 Å². The molecule has 1 N–H and O–H groups in total. The Hall–Kier alpha value is -2.98. The van der Waals surface area contributed by atoms with Crippen LogP contribution in [0.15, 0.2) is 60.0 Å². The van der Waals surface area contributed by atoms with Gasteiger partial charge < -0.3 is 14.8 Å². The first kappa shape index (κ1) is 23.3. The second-order valence-electron chi connectivity index (χ2n) is 6.15. The van der Waals surface area contributed by atoms with Gasteiger partial charge in [0.2, 0.25) is 10.0 Å². The Labute approximate surface area is 174 Å². The minimum Gasteiger partial charge on any atom is -0.493 e. The highest BCUT2D eigenvalue weighted by Crippen LogP contribution is 2.30. The van der Waals surface area contributed by atoms with E-state index in [1.807, 2.05) is 0 Å². The summed E-state index contributed by atoms with van der Waals surface area (Å²) in [5, 5.41) is 2.58. The van der Waals surface area contributed by atoms with Gasteiger partial charge in [-0.2, -0.15) is 13.1 Å². The molecule has 0 aliphatic carbocycles. The average Bonchev–Trinajstić information content (AvgIpc) is 2.71. The summed E-state index contributed by atoms with van der Waals surface area (Å²) in [6.45, 7) is 0.587. The number of ether oxygens (including phenoxy) is 2. The number of methoxy groups -OCH3 is 1. The fraction of sp³-hybridized carbons (Fsp3) is 0.250. The van der Waals surface area contributed by atoms with Crippen molar-refractivity contribution < 1.29 is 31.5 Å². The molecule has 2 aromatic rings. The molecule has 30 heavy (non-hydrogen) atoms. The summed E-state index contributed by atoms with van der Waals surface area (Å²) in [6.07, 6.45) is 1.51. The lowest BCUT2D eigenvalue weighted by Gasteiger charge is -2.19. The van der Waals surface area contributed by atoms with Crippen LogP contribution in [0.2, 0.25) is 0 Å². The molecular formula is C20H22F2N2O5S. The van der Waals surface area contributed by atoms with Crippen molar-refractivity contribution in [3.8, 4) is 11.5 Å². The SMILES string of the molecule is C=CCNC(=O)c1cccc(S(=O)(=O)N(C)Cc2ccc(OC)c(OC(F)F)c2)c1. The molecule has 0 aliphatic rings. The molecule has 0 unspecified atom stereocenters. The fourth-order valence-corrected chi connectivity index (χ4v) is 3.80. The largest absolute Gasteiger partial charge is 0.493 e. The molecule has 0 aromatic heterocycles. The van der Waals surface area contributed by atoms with Crippen LogP contribution in [-0.2, 0) is 16.6 Å². The summed E-state index contributed by atoms with van der Waals surface area (Å²) < 4.78 is 61.5. The number of nitrogens with one attached hydrogen (secondary N) is 1. The first-order valence-corrected chi connectivity index (χ1v) is 10.2. The third-order valence-electron chi connectivity index (χ3n) is 4.06. The first-order valence-electron chi connectivity index (χ1n) is 8.76. The molecule has 0 aliphatic heterocycles. The van der Waals surface area contributed by atoms with Crippen molar-refractivity contribution in [1.29, 1.82) is 0 Å². The maximum absolute atomic E-state index is 12.9. The van der Waals surface area contributed by atoms with Crippen LogP contribution in [0.5, 0.6) is 11.5 Å². The summed E-state index contributed by atoms with van der Waals surface area (Å²) in [6, 6.07) is 9.84. The Morgan fingerprint density at radius 2 is 1.97 bits per heavy atom. The van der Waals surface area contributed by atoms with Gasteiger partial charge in [0.25, 0.3) is 5.91 Å². The molecule has 0 saturated heterocycles. The zero-order valence-corrected chi connectivity index (χ0v) is 17.3. The molecule has 162 valence electrons. The Morgan fingerprint density at radius 3 is 2.60 bits per heavy atom. The standard InChI is InChI=1S/C20H22F2N2O5S/c1-4-10-23-19(25)15-6-5-7-16(12-15)30(26,27)24(2)13-14-8-9-17(28-3)18(11-14)29-20(21)22/h4-9,11-12,20H,1,10,13H2,2-3H3,(H,23,25). The molecule has 0 saturated carbocycles. The number of carbonyl (C=O) groups is 1. The minimum absolute atomic E-state index is 0.0752. The maximum Gasteiger partial charge on any atom is 0.387 e. The van der Waals surface area contributed by atoms with Crippen LogP contribution >= 0.6 is 0 Å². The lowest BCUT2D eigenvalue weighted by atomic mass is 10.2. The quantitative estimate of drug-likeness (QED) is 0.574. The van der Waals surface area contributed by atoms with E-state index in [2.05, 4.69) is 16.6 Å². The van der Waals surface area contributed by atoms with E-state index < -0.39 is 22.5 Å². The van der Waals surface area contributed by atoms with Crippen LogP contribution in [0.4, 0.5) is 8.78 Å². The van der Waals surface area contributed by atoms with Crippen LogP contribution in [-0.4, -0.2) is 45.9 Å². The van der Waals surface area contributed by atoms with E-state index in [1.165, 1.54) is 56.6 Å². The van der Waals surface area contributed by atoms with E-state index in [1.54, 1.807) is 6.07 Å². The smallest absolute Gasteiger partial charge is 0.387 e. The molecule has 1 amide bonds. The molecule has 0 spiro atoms. The number of benzene rings is 2. The van der Waals surface area contributed by atoms with Gasteiger partial charge in [0.05, 0.1) is 12.0 Å². The van der Waals surface area contributed by atoms with Gasteiger partial charge in [-0.25, -0.2) is 8.42 Å². The molecule has 10 heteroatoms. The molecule has 0 bridgehead atoms. The fourth-order valence-electron chi connectivity index (χ4n) is 2.59. The lowest BCUT2D eigenvalue weighted by Crippen LogP contribution is -2.27. The molecule has 2 aromatic carbocycles. The van der Waals surface area contributed by atoms with Gasteiger partial charge in [0.15, 0.2) is 11.5 Å². The number of hydrogen-bond donors (Lipinski definition) is 1. The highest BCUT2D eigenvalue weighted by atomic mass is 32.2. The molecule has 0 atom stereocenters. The monoisotopic (exact) mass is 440 g/mol. The number of carbonyl (C=O) groups excluding carboxylic acids is 1. The first-order chi connectivity index (χ1) is 14.2. The van der Waals surface area contributed by atoms with Gasteiger partial charge in [-0.05, 0) is 35.9 Å². The number of nitrogens with zero attached hydrogens (tertiary/aromatic N) is 1. The van der Waals surface area contributed by atoms with Crippen LogP contribution < -0.4 is 14.8 Å². The highest BCUT2D eigenvalue weighted by molar-refractivity contribution is 7.89. The zero-order valence-electron chi connectivity index (χ0n) is 16.5. The average molecular weight is 440 g/mol. The minimum atomic E-state index is -3.95. The van der Waals surface area contributed by atoms with Crippen molar-refractivity contribution in [2.45, 2.75) is 18.1 Å². The van der Waals surface area contributed by atoms with Crippen molar-refractivity contribution >= 4 is 15.9 Å². The number of rotatable bonds is 10. The second-order valence-corrected chi connectivity index (χ2v) is 8.20. The normalized spacial score (nSPS) is 11.4. The third kappa shape index (κ3) is 5.77. The summed E-state index contributed by atoms with van der Waals surface area (Å²) in [5.41, 5.74) is 0.598. The number of sulfonamides is 1. The highest BCUT2D eigenvalue weighted by Gasteiger charge is 2.23. The van der Waals surface area contributed by atoms with E-state index in [0.29, 0.717) is 5.56 Å². The van der Waals surface area contributed by atoms with Crippen LogP contribution in [0.1, 0.15) is 15.9 Å². The number of halogens is 2. The molecular weight excluding hydrogens is 418 g/mol. The Morgan fingerprint density at radius 1 is 1.23 bits per heavy atom. The number of amides is 1. The summed E-state index contributed by atoms with van der Waals surface area (Å²) >= 11 is 0. The van der Waals surface area contributed by atoms with Crippen LogP contribution in [0.25, 0.3) is 0 Å². The Bertz CT molecular complexity index is 1010. The summed E-state index contributed by atoms with van der Waals surface area (Å²) in [7, 11) is -1.30. The molecule has 2 rings (SSSR count). The predicted octanol–water partition coefficient (Wildman–Crippen LogP) is 3.03. The Kier molecular flexibility index (Phi) is 7.90. The van der Waals surface area contributed by atoms with Gasteiger partial charge in [-0.3, -0.25) is 4.79 Å². The van der Waals surface area contributed by atoms with E-state index in [4.69, 9.17) is 4.74 Å². The Balaban J connectivity index is 2.25. The molecule has 0 radical (unpaired) electrons. The third-order valence-corrected chi connectivity index (χ3v) is 5.86. The van der Waals surface area contributed by atoms with E-state index in [-0.39, 0.29) is 35.0 Å². The number of hydrogen-bond acceptors (Lipinski definition) is 5. The second kappa shape index (κ2) is 10.2. The van der Waals surface area contributed by atoms with E-state index in [0.717, 1.165) is 4.31 Å². The van der Waals surface area contributed by atoms with Gasteiger partial charge in [0.1, 0.15) is 0 Å². The van der Waals surface area contributed by atoms with Crippen LogP contribution in [0, 0.1) is 0 Å². The molecule has 0 fully saturated rings. The lowest BCUT2D eigenvalue weighted by molar-refractivity contribution is -0.0512. The zero-order chi connectivity index (χ0) is 22.3. The summed E-state index contributed by atoms with van der Waals surface area (Å²) in [4.78, 5) is 12.0. The van der Waals surface area contributed by atoms with Crippen LogP contribution in [0.3, 0.4) is 0 Å². The number of alkyl halides is 2. The van der Waals surface area contributed by atoms with E-state index >= 15 is 0 Å². The van der Waals surface area contributed by atoms with Gasteiger partial charge in [0, 0.05) is 25.7 Å². The van der Waals surface area contributed by atoms with Crippen molar-refractivity contribution in [3.05, 3.63) is 66.2 Å². The topological polar surface area (TPSA) is 84.9 Å². The van der Waals surface area contributed by atoms with Crippen molar-refractivity contribution in [2.75, 3.05) is 20.7 Å². The molecule has 0 heterocycles.